The number of hydrogen-bond acceptors (Lipinski definition) is 5. The van der Waals surface area contributed by atoms with E-state index in [1.54, 1.807) is 11.3 Å². The van der Waals surface area contributed by atoms with Crippen LogP contribution < -0.4 is 10.5 Å². The predicted molar refractivity (Wildman–Crippen MR) is 80.1 cm³/mol. The van der Waals surface area contributed by atoms with Crippen molar-refractivity contribution in [2.45, 2.75) is 19.9 Å². The van der Waals surface area contributed by atoms with Crippen LogP contribution in [0.4, 0.5) is 0 Å². The average Bonchev–Trinajstić information content (AvgIpc) is 3.01. The van der Waals surface area contributed by atoms with Gasteiger partial charge in [-0.05, 0) is 43.7 Å². The number of rotatable bonds is 4. The van der Waals surface area contributed by atoms with Gasteiger partial charge in [0.25, 0.3) is 0 Å². The van der Waals surface area contributed by atoms with E-state index in [1.807, 2.05) is 42.5 Å². The van der Waals surface area contributed by atoms with Gasteiger partial charge < -0.3 is 10.5 Å². The molecule has 1 atom stereocenters. The summed E-state index contributed by atoms with van der Waals surface area (Å²) in [6.07, 6.45) is 0. The second-order valence-electron chi connectivity index (χ2n) is 4.54. The van der Waals surface area contributed by atoms with Gasteiger partial charge in [0, 0.05) is 5.38 Å². The van der Waals surface area contributed by atoms with Crippen molar-refractivity contribution in [2.75, 3.05) is 6.61 Å². The first-order valence-corrected chi connectivity index (χ1v) is 7.40. The second-order valence-corrected chi connectivity index (χ2v) is 5.38. The van der Waals surface area contributed by atoms with E-state index in [-0.39, 0.29) is 6.04 Å². The molecule has 0 amide bonds. The lowest BCUT2D eigenvalue weighted by atomic mass is 10.1. The quantitative estimate of drug-likeness (QED) is 0.801. The molecular formula is C14H16N4OS. The zero-order valence-corrected chi connectivity index (χ0v) is 12.2. The first-order valence-electron chi connectivity index (χ1n) is 6.52. The van der Waals surface area contributed by atoms with Crippen LogP contribution in [-0.2, 0) is 0 Å². The molecular weight excluding hydrogens is 272 g/mol. The number of thiazole rings is 1. The summed E-state index contributed by atoms with van der Waals surface area (Å²) in [6, 6.07) is 7.87. The normalized spacial score (nSPS) is 12.8. The summed E-state index contributed by atoms with van der Waals surface area (Å²) in [5.41, 5.74) is 8.11. The molecule has 0 bridgehead atoms. The first kappa shape index (κ1) is 13.1. The smallest absolute Gasteiger partial charge is 0.216 e. The minimum absolute atomic E-state index is 0.152. The number of nitrogens with two attached hydrogens (primary N) is 1. The zero-order chi connectivity index (χ0) is 14.1. The largest absolute Gasteiger partial charge is 0.494 e. The van der Waals surface area contributed by atoms with Crippen LogP contribution >= 0.6 is 11.3 Å². The predicted octanol–water partition coefficient (Wildman–Crippen LogP) is 2.88. The van der Waals surface area contributed by atoms with Crippen LogP contribution in [0.15, 0.2) is 29.6 Å². The molecule has 2 N–H and O–H groups in total. The van der Waals surface area contributed by atoms with Gasteiger partial charge in [0.2, 0.25) is 4.96 Å². The van der Waals surface area contributed by atoms with E-state index in [0.29, 0.717) is 6.61 Å². The highest BCUT2D eigenvalue weighted by Crippen LogP contribution is 2.29. The van der Waals surface area contributed by atoms with Crippen molar-refractivity contribution in [1.82, 2.24) is 14.6 Å². The monoisotopic (exact) mass is 288 g/mol. The molecule has 5 nitrogen and oxygen atoms in total. The number of benzene rings is 1. The summed E-state index contributed by atoms with van der Waals surface area (Å²) in [7, 11) is 0. The molecule has 2 heterocycles. The lowest BCUT2D eigenvalue weighted by Gasteiger charge is -2.07. The van der Waals surface area contributed by atoms with Crippen molar-refractivity contribution in [3.63, 3.8) is 0 Å². The Labute approximate surface area is 121 Å². The van der Waals surface area contributed by atoms with Crippen molar-refractivity contribution in [3.05, 3.63) is 35.5 Å². The fraction of sp³-hybridized carbons (Fsp3) is 0.286. The maximum Gasteiger partial charge on any atom is 0.216 e. The molecule has 0 saturated carbocycles. The van der Waals surface area contributed by atoms with E-state index in [0.717, 1.165) is 27.8 Å². The minimum atomic E-state index is -0.152. The third-order valence-corrected chi connectivity index (χ3v) is 3.86. The lowest BCUT2D eigenvalue weighted by Crippen LogP contribution is -2.10. The second kappa shape index (κ2) is 5.22. The van der Waals surface area contributed by atoms with Crippen LogP contribution in [0.5, 0.6) is 5.75 Å². The number of nitrogens with zero attached hydrogens (tertiary/aromatic N) is 3. The maximum atomic E-state index is 5.96. The zero-order valence-electron chi connectivity index (χ0n) is 11.4. The molecule has 1 unspecified atom stereocenters. The summed E-state index contributed by atoms with van der Waals surface area (Å²) in [5, 5.41) is 10.4. The van der Waals surface area contributed by atoms with E-state index in [9.17, 15) is 0 Å². The van der Waals surface area contributed by atoms with Gasteiger partial charge in [-0.15, -0.1) is 21.5 Å². The highest BCUT2D eigenvalue weighted by molar-refractivity contribution is 7.15. The Balaban J connectivity index is 2.07. The topological polar surface area (TPSA) is 65.4 Å². The Hall–Kier alpha value is -1.92. The Kier molecular flexibility index (Phi) is 3.42. The summed E-state index contributed by atoms with van der Waals surface area (Å²) >= 11 is 1.56. The molecule has 0 aliphatic rings. The van der Waals surface area contributed by atoms with Crippen molar-refractivity contribution < 1.29 is 4.74 Å². The summed E-state index contributed by atoms with van der Waals surface area (Å²) in [6.45, 7) is 4.56. The van der Waals surface area contributed by atoms with E-state index < -0.39 is 0 Å². The number of fused-ring (bicyclic) bond motifs is 1. The Morgan fingerprint density at radius 2 is 2.05 bits per heavy atom. The minimum Gasteiger partial charge on any atom is -0.494 e. The van der Waals surface area contributed by atoms with Gasteiger partial charge in [-0.2, -0.15) is 0 Å². The molecule has 0 spiro atoms. The van der Waals surface area contributed by atoms with E-state index in [1.165, 1.54) is 0 Å². The molecule has 0 radical (unpaired) electrons. The first-order chi connectivity index (χ1) is 9.70. The van der Waals surface area contributed by atoms with Gasteiger partial charge in [-0.25, -0.2) is 0 Å². The van der Waals surface area contributed by atoms with E-state index in [4.69, 9.17) is 10.5 Å². The molecule has 2 aromatic heterocycles. The molecule has 104 valence electrons. The Bertz CT molecular complexity index is 714. The number of hydrogen-bond donors (Lipinski definition) is 1. The Morgan fingerprint density at radius 1 is 1.30 bits per heavy atom. The van der Waals surface area contributed by atoms with Gasteiger partial charge in [0.1, 0.15) is 5.75 Å². The van der Waals surface area contributed by atoms with E-state index in [2.05, 4.69) is 15.6 Å². The molecule has 0 aliphatic carbocycles. The van der Waals surface area contributed by atoms with Crippen molar-refractivity contribution in [3.8, 4) is 17.0 Å². The van der Waals surface area contributed by atoms with Crippen LogP contribution in [-0.4, -0.2) is 21.2 Å². The molecule has 1 aromatic carbocycles. The molecule has 0 saturated heterocycles. The van der Waals surface area contributed by atoms with Gasteiger partial charge in [0.15, 0.2) is 5.82 Å². The van der Waals surface area contributed by atoms with Gasteiger partial charge >= 0.3 is 0 Å². The SMILES string of the molecule is CCOc1ccc(-c2csc3nnc(C(C)N)n23)cc1. The highest BCUT2D eigenvalue weighted by atomic mass is 32.1. The fourth-order valence-electron chi connectivity index (χ4n) is 2.13. The maximum absolute atomic E-state index is 5.96. The van der Waals surface area contributed by atoms with Crippen LogP contribution in [0, 0.1) is 0 Å². The Morgan fingerprint density at radius 3 is 2.70 bits per heavy atom. The molecule has 0 aliphatic heterocycles. The fourth-order valence-corrected chi connectivity index (χ4v) is 2.97. The molecule has 3 aromatic rings. The van der Waals surface area contributed by atoms with Gasteiger partial charge in [-0.3, -0.25) is 4.40 Å². The molecule has 6 heteroatoms. The van der Waals surface area contributed by atoms with Crippen LogP contribution in [0.3, 0.4) is 0 Å². The van der Waals surface area contributed by atoms with Gasteiger partial charge in [-0.1, -0.05) is 0 Å². The van der Waals surface area contributed by atoms with E-state index >= 15 is 0 Å². The molecule has 3 rings (SSSR count). The standard InChI is InChI=1S/C14H16N4OS/c1-3-19-11-6-4-10(5-7-11)12-8-20-14-17-16-13(9(2)15)18(12)14/h4-9H,3,15H2,1-2H3. The van der Waals surface area contributed by atoms with Crippen molar-refractivity contribution >= 4 is 16.3 Å². The lowest BCUT2D eigenvalue weighted by molar-refractivity contribution is 0.340. The molecule has 20 heavy (non-hydrogen) atoms. The summed E-state index contributed by atoms with van der Waals surface area (Å²) in [5.74, 6) is 1.66. The number of aromatic nitrogens is 3. The summed E-state index contributed by atoms with van der Waals surface area (Å²) in [4.78, 5) is 0.862. The third kappa shape index (κ3) is 2.17. The van der Waals surface area contributed by atoms with Gasteiger partial charge in [0.05, 0.1) is 18.3 Å². The van der Waals surface area contributed by atoms with Crippen molar-refractivity contribution in [2.24, 2.45) is 5.73 Å². The van der Waals surface area contributed by atoms with Crippen molar-refractivity contribution in [1.29, 1.82) is 0 Å². The number of ether oxygens (including phenoxy) is 1. The highest BCUT2D eigenvalue weighted by Gasteiger charge is 2.15. The summed E-state index contributed by atoms with van der Waals surface area (Å²) < 4.78 is 7.48. The average molecular weight is 288 g/mol. The van der Waals surface area contributed by atoms with Crippen LogP contribution in [0.2, 0.25) is 0 Å². The van der Waals surface area contributed by atoms with Crippen LogP contribution in [0.1, 0.15) is 25.7 Å². The van der Waals surface area contributed by atoms with Crippen LogP contribution in [0.25, 0.3) is 16.2 Å². The third-order valence-electron chi connectivity index (χ3n) is 3.04. The molecule has 0 fully saturated rings.